The van der Waals surface area contributed by atoms with Crippen molar-refractivity contribution in [2.24, 2.45) is 0 Å². The Balaban J connectivity index is 2.23. The Morgan fingerprint density at radius 3 is 1.65 bits per heavy atom. The van der Waals surface area contributed by atoms with Crippen LogP contribution in [-0.2, 0) is 0 Å². The number of nitrogens with zero attached hydrogens (tertiary/aromatic N) is 1. The van der Waals surface area contributed by atoms with E-state index in [9.17, 15) is 0 Å². The molecule has 106 valence electrons. The molecule has 2 rings (SSSR count). The zero-order chi connectivity index (χ0) is 14.4. The minimum absolute atomic E-state index is 1.02. The number of hydrogen-bond acceptors (Lipinski definition) is 2. The van der Waals surface area contributed by atoms with Crippen LogP contribution in [0, 0.1) is 13.8 Å². The van der Waals surface area contributed by atoms with Gasteiger partial charge in [-0.05, 0) is 58.1 Å². The van der Waals surface area contributed by atoms with Gasteiger partial charge >= 0.3 is 0 Å². The zero-order valence-corrected chi connectivity index (χ0v) is 12.7. The average molecular weight is 268 g/mol. The van der Waals surface area contributed by atoms with E-state index in [0.29, 0.717) is 0 Å². The van der Waals surface area contributed by atoms with Crippen LogP contribution in [0.1, 0.15) is 17.5 Å². The lowest BCUT2D eigenvalue weighted by atomic mass is 10.1. The Morgan fingerprint density at radius 1 is 0.800 bits per heavy atom. The summed E-state index contributed by atoms with van der Waals surface area (Å²) in [5.41, 5.74) is 5.12. The molecule has 0 spiro atoms. The molecular formula is C18H24N2. The van der Waals surface area contributed by atoms with Gasteiger partial charge in [0.25, 0.3) is 0 Å². The van der Waals surface area contributed by atoms with Crippen molar-refractivity contribution in [3.05, 3.63) is 59.7 Å². The quantitative estimate of drug-likeness (QED) is 0.795. The van der Waals surface area contributed by atoms with Gasteiger partial charge in [-0.25, -0.2) is 0 Å². The lowest BCUT2D eigenvalue weighted by Gasteiger charge is -2.25. The highest BCUT2D eigenvalue weighted by Crippen LogP contribution is 2.26. The summed E-state index contributed by atoms with van der Waals surface area (Å²) in [6, 6.07) is 17.5. The first-order valence-electron chi connectivity index (χ1n) is 7.26. The lowest BCUT2D eigenvalue weighted by Crippen LogP contribution is -2.22. The van der Waals surface area contributed by atoms with Crippen molar-refractivity contribution in [3.63, 3.8) is 0 Å². The van der Waals surface area contributed by atoms with Crippen LogP contribution in [0.15, 0.2) is 48.5 Å². The third-order valence-corrected chi connectivity index (χ3v) is 3.50. The lowest BCUT2D eigenvalue weighted by molar-refractivity contribution is 0.723. The fourth-order valence-electron chi connectivity index (χ4n) is 2.27. The second-order valence-corrected chi connectivity index (χ2v) is 5.28. The third kappa shape index (κ3) is 3.84. The molecule has 0 aliphatic carbocycles. The molecule has 2 aromatic carbocycles. The van der Waals surface area contributed by atoms with Crippen molar-refractivity contribution >= 4 is 11.4 Å². The molecule has 0 aliphatic rings. The SMILES string of the molecule is CNCCCN(c1ccc(C)cc1)c1ccc(C)cc1. The summed E-state index contributed by atoms with van der Waals surface area (Å²) in [7, 11) is 2.00. The zero-order valence-electron chi connectivity index (χ0n) is 12.7. The molecule has 2 nitrogen and oxygen atoms in total. The molecule has 0 atom stereocenters. The van der Waals surface area contributed by atoms with Gasteiger partial charge in [0.05, 0.1) is 0 Å². The molecule has 0 amide bonds. The molecule has 0 aliphatic heterocycles. The maximum absolute atomic E-state index is 3.22. The molecule has 0 saturated heterocycles. The fraction of sp³-hybridized carbons (Fsp3) is 0.333. The van der Waals surface area contributed by atoms with E-state index >= 15 is 0 Å². The van der Waals surface area contributed by atoms with E-state index in [1.165, 1.54) is 22.5 Å². The summed E-state index contributed by atoms with van der Waals surface area (Å²) in [5, 5.41) is 3.22. The highest BCUT2D eigenvalue weighted by Gasteiger charge is 2.08. The molecule has 0 saturated carbocycles. The van der Waals surface area contributed by atoms with E-state index < -0.39 is 0 Å². The number of anilines is 2. The second kappa shape index (κ2) is 7.11. The van der Waals surface area contributed by atoms with Gasteiger partial charge in [0.2, 0.25) is 0 Å². The molecule has 1 N–H and O–H groups in total. The van der Waals surface area contributed by atoms with Gasteiger partial charge in [-0.15, -0.1) is 0 Å². The normalized spacial score (nSPS) is 10.6. The Bertz CT molecular complexity index is 469. The average Bonchev–Trinajstić information content (AvgIpc) is 2.46. The summed E-state index contributed by atoms with van der Waals surface area (Å²) < 4.78 is 0. The van der Waals surface area contributed by atoms with E-state index in [1.807, 2.05) is 7.05 Å². The molecule has 2 heteroatoms. The van der Waals surface area contributed by atoms with Crippen LogP contribution in [0.3, 0.4) is 0 Å². The van der Waals surface area contributed by atoms with Crippen molar-refractivity contribution in [2.45, 2.75) is 20.3 Å². The molecule has 0 heterocycles. The van der Waals surface area contributed by atoms with Crippen LogP contribution in [0.25, 0.3) is 0 Å². The largest absolute Gasteiger partial charge is 0.341 e. The monoisotopic (exact) mass is 268 g/mol. The highest BCUT2D eigenvalue weighted by atomic mass is 15.1. The van der Waals surface area contributed by atoms with Crippen LogP contribution in [0.2, 0.25) is 0 Å². The van der Waals surface area contributed by atoms with E-state index in [-0.39, 0.29) is 0 Å². The first kappa shape index (κ1) is 14.6. The van der Waals surface area contributed by atoms with Gasteiger partial charge < -0.3 is 10.2 Å². The van der Waals surface area contributed by atoms with E-state index in [1.54, 1.807) is 0 Å². The van der Waals surface area contributed by atoms with Gasteiger partial charge in [0.15, 0.2) is 0 Å². The molecule has 0 aromatic heterocycles. The van der Waals surface area contributed by atoms with E-state index in [4.69, 9.17) is 0 Å². The molecular weight excluding hydrogens is 244 g/mol. The number of rotatable bonds is 6. The Labute approximate surface area is 122 Å². The summed E-state index contributed by atoms with van der Waals surface area (Å²) >= 11 is 0. The van der Waals surface area contributed by atoms with Crippen LogP contribution < -0.4 is 10.2 Å². The molecule has 20 heavy (non-hydrogen) atoms. The van der Waals surface area contributed by atoms with Gasteiger partial charge in [-0.1, -0.05) is 35.4 Å². The second-order valence-electron chi connectivity index (χ2n) is 5.28. The summed E-state index contributed by atoms with van der Waals surface area (Å²) in [6.45, 7) is 6.31. The summed E-state index contributed by atoms with van der Waals surface area (Å²) in [6.07, 6.45) is 1.12. The minimum Gasteiger partial charge on any atom is -0.341 e. The van der Waals surface area contributed by atoms with Crippen LogP contribution in [0.4, 0.5) is 11.4 Å². The van der Waals surface area contributed by atoms with Crippen molar-refractivity contribution in [2.75, 3.05) is 25.0 Å². The fourth-order valence-corrected chi connectivity index (χ4v) is 2.27. The first-order valence-corrected chi connectivity index (χ1v) is 7.26. The van der Waals surface area contributed by atoms with Gasteiger partial charge in [-0.3, -0.25) is 0 Å². The number of benzene rings is 2. The topological polar surface area (TPSA) is 15.3 Å². The predicted molar refractivity (Wildman–Crippen MR) is 87.9 cm³/mol. The standard InChI is InChI=1S/C18H24N2/c1-15-5-9-17(10-6-15)20(14-4-13-19-3)18-11-7-16(2)8-12-18/h5-12,19H,4,13-14H2,1-3H3. The molecule has 0 fully saturated rings. The highest BCUT2D eigenvalue weighted by molar-refractivity contribution is 5.63. The predicted octanol–water partition coefficient (Wildman–Crippen LogP) is 4.05. The maximum atomic E-state index is 3.22. The van der Waals surface area contributed by atoms with Gasteiger partial charge in [-0.2, -0.15) is 0 Å². The smallest absolute Gasteiger partial charge is 0.0410 e. The summed E-state index contributed by atoms with van der Waals surface area (Å²) in [4.78, 5) is 2.39. The summed E-state index contributed by atoms with van der Waals surface area (Å²) in [5.74, 6) is 0. The molecule has 0 radical (unpaired) electrons. The maximum Gasteiger partial charge on any atom is 0.0410 e. The number of aryl methyl sites for hydroxylation is 2. The first-order chi connectivity index (χ1) is 9.70. The van der Waals surface area contributed by atoms with Crippen molar-refractivity contribution < 1.29 is 0 Å². The van der Waals surface area contributed by atoms with Crippen molar-refractivity contribution in [1.29, 1.82) is 0 Å². The number of hydrogen-bond donors (Lipinski definition) is 1. The van der Waals surface area contributed by atoms with Crippen LogP contribution in [-0.4, -0.2) is 20.1 Å². The van der Waals surface area contributed by atoms with Crippen LogP contribution >= 0.6 is 0 Å². The van der Waals surface area contributed by atoms with Gasteiger partial charge in [0.1, 0.15) is 0 Å². The molecule has 2 aromatic rings. The van der Waals surface area contributed by atoms with Crippen molar-refractivity contribution in [3.8, 4) is 0 Å². The van der Waals surface area contributed by atoms with Gasteiger partial charge in [0, 0.05) is 17.9 Å². The van der Waals surface area contributed by atoms with Crippen LogP contribution in [0.5, 0.6) is 0 Å². The third-order valence-electron chi connectivity index (χ3n) is 3.50. The molecule has 0 bridgehead atoms. The van der Waals surface area contributed by atoms with Crippen molar-refractivity contribution in [1.82, 2.24) is 5.32 Å². The Kier molecular flexibility index (Phi) is 5.19. The Hall–Kier alpha value is -1.80. The minimum atomic E-state index is 1.02. The van der Waals surface area contributed by atoms with E-state index in [2.05, 4.69) is 72.6 Å². The number of nitrogens with one attached hydrogen (secondary N) is 1. The van der Waals surface area contributed by atoms with E-state index in [0.717, 1.165) is 19.5 Å². The molecule has 0 unspecified atom stereocenters. The Morgan fingerprint density at radius 2 is 1.25 bits per heavy atom.